The van der Waals surface area contributed by atoms with E-state index in [2.05, 4.69) is 23.4 Å². The van der Waals surface area contributed by atoms with Gasteiger partial charge in [-0.15, -0.1) is 0 Å². The van der Waals surface area contributed by atoms with Gasteiger partial charge in [-0.3, -0.25) is 9.59 Å². The van der Waals surface area contributed by atoms with Crippen LogP contribution in [-0.2, 0) is 22.5 Å². The first-order chi connectivity index (χ1) is 13.1. The van der Waals surface area contributed by atoms with Crippen LogP contribution >= 0.6 is 0 Å². The second-order valence-electron chi connectivity index (χ2n) is 6.74. The number of hydrogen-bond acceptors (Lipinski definition) is 5. The van der Waals surface area contributed by atoms with Crippen LogP contribution in [0.25, 0.3) is 0 Å². The van der Waals surface area contributed by atoms with E-state index in [-0.39, 0.29) is 17.4 Å². The number of carbonyl (C=O) groups is 1. The van der Waals surface area contributed by atoms with Crippen molar-refractivity contribution < 1.29 is 9.53 Å². The third-order valence-corrected chi connectivity index (χ3v) is 4.89. The Kier molecular flexibility index (Phi) is 6.24. The standard InChI is InChI=1S/C20H26N4O3/c1-3-15-5-4-6-17(11-15)22-20(26)16-7-8-23(14-16)18-12-19(25)24(21-13-18)9-10-27-2/h4-6,11-13,16H,3,7-10,14H2,1-2H3,(H,22,26). The zero-order chi connectivity index (χ0) is 19.2. The first-order valence-electron chi connectivity index (χ1n) is 9.31. The quantitative estimate of drug-likeness (QED) is 0.806. The smallest absolute Gasteiger partial charge is 0.268 e. The Morgan fingerprint density at radius 1 is 1.37 bits per heavy atom. The first kappa shape index (κ1) is 19.1. The molecule has 144 valence electrons. The molecular weight excluding hydrogens is 344 g/mol. The van der Waals surface area contributed by atoms with Gasteiger partial charge < -0.3 is 15.0 Å². The van der Waals surface area contributed by atoms with Crippen molar-refractivity contribution in [2.45, 2.75) is 26.3 Å². The minimum absolute atomic E-state index is 0.0205. The van der Waals surface area contributed by atoms with Crippen molar-refractivity contribution in [1.29, 1.82) is 0 Å². The number of aromatic nitrogens is 2. The van der Waals surface area contributed by atoms with Gasteiger partial charge in [0.05, 0.1) is 31.0 Å². The van der Waals surface area contributed by atoms with Gasteiger partial charge in [-0.1, -0.05) is 19.1 Å². The van der Waals surface area contributed by atoms with Gasteiger partial charge in [0.2, 0.25) is 5.91 Å². The third-order valence-electron chi connectivity index (χ3n) is 4.89. The average molecular weight is 370 g/mol. The van der Waals surface area contributed by atoms with E-state index in [0.717, 1.165) is 30.8 Å². The summed E-state index contributed by atoms with van der Waals surface area (Å²) in [5.74, 6) is -0.0849. The van der Waals surface area contributed by atoms with E-state index in [1.165, 1.54) is 10.2 Å². The number of methoxy groups -OCH3 is 1. The maximum atomic E-state index is 12.6. The second-order valence-corrected chi connectivity index (χ2v) is 6.74. The lowest BCUT2D eigenvalue weighted by atomic mass is 10.1. The summed E-state index contributed by atoms with van der Waals surface area (Å²) in [5, 5.41) is 7.21. The second kappa shape index (κ2) is 8.81. The molecule has 2 heterocycles. The normalized spacial score (nSPS) is 16.5. The molecule has 1 aromatic heterocycles. The van der Waals surface area contributed by atoms with Crippen LogP contribution in [0.5, 0.6) is 0 Å². The van der Waals surface area contributed by atoms with E-state index in [0.29, 0.717) is 19.7 Å². The number of anilines is 2. The minimum atomic E-state index is -0.158. The fourth-order valence-electron chi connectivity index (χ4n) is 3.26. The topological polar surface area (TPSA) is 76.5 Å². The Morgan fingerprint density at radius 3 is 2.96 bits per heavy atom. The molecule has 1 aromatic carbocycles. The SMILES string of the molecule is CCc1cccc(NC(=O)C2CCN(c3cnn(CCOC)c(=O)c3)C2)c1. The Balaban J connectivity index is 1.61. The van der Waals surface area contributed by atoms with Crippen LogP contribution in [0.3, 0.4) is 0 Å². The molecular formula is C20H26N4O3. The van der Waals surface area contributed by atoms with Gasteiger partial charge in [-0.25, -0.2) is 4.68 Å². The molecule has 1 N–H and O–H groups in total. The van der Waals surface area contributed by atoms with E-state index < -0.39 is 0 Å². The summed E-state index contributed by atoms with van der Waals surface area (Å²) in [4.78, 5) is 26.8. The molecule has 1 saturated heterocycles. The highest BCUT2D eigenvalue weighted by atomic mass is 16.5. The summed E-state index contributed by atoms with van der Waals surface area (Å²) in [7, 11) is 1.59. The summed E-state index contributed by atoms with van der Waals surface area (Å²) in [6.45, 7) is 4.28. The number of hydrogen-bond donors (Lipinski definition) is 1. The number of aryl methyl sites for hydroxylation is 1. The number of nitrogens with zero attached hydrogens (tertiary/aromatic N) is 3. The molecule has 0 bridgehead atoms. The molecule has 2 aromatic rings. The van der Waals surface area contributed by atoms with E-state index >= 15 is 0 Å². The molecule has 0 radical (unpaired) electrons. The van der Waals surface area contributed by atoms with Crippen LogP contribution in [0.4, 0.5) is 11.4 Å². The van der Waals surface area contributed by atoms with Crippen LogP contribution in [0, 0.1) is 5.92 Å². The van der Waals surface area contributed by atoms with Crippen LogP contribution in [0.15, 0.2) is 41.3 Å². The number of amides is 1. The summed E-state index contributed by atoms with van der Waals surface area (Å²) >= 11 is 0. The molecule has 7 nitrogen and oxygen atoms in total. The van der Waals surface area contributed by atoms with E-state index in [9.17, 15) is 9.59 Å². The fourth-order valence-corrected chi connectivity index (χ4v) is 3.26. The van der Waals surface area contributed by atoms with Crippen molar-refractivity contribution in [3.8, 4) is 0 Å². The fraction of sp³-hybridized carbons (Fsp3) is 0.450. The van der Waals surface area contributed by atoms with Crippen LogP contribution in [0.2, 0.25) is 0 Å². The van der Waals surface area contributed by atoms with Gasteiger partial charge >= 0.3 is 0 Å². The van der Waals surface area contributed by atoms with Crippen molar-refractivity contribution in [3.63, 3.8) is 0 Å². The van der Waals surface area contributed by atoms with Crippen molar-refractivity contribution in [3.05, 3.63) is 52.4 Å². The predicted molar refractivity (Wildman–Crippen MR) is 105 cm³/mol. The first-order valence-corrected chi connectivity index (χ1v) is 9.31. The summed E-state index contributed by atoms with van der Waals surface area (Å²) in [6, 6.07) is 9.50. The number of ether oxygens (including phenoxy) is 1. The number of nitrogens with one attached hydrogen (secondary N) is 1. The third kappa shape index (κ3) is 4.74. The van der Waals surface area contributed by atoms with E-state index in [1.54, 1.807) is 19.4 Å². The summed E-state index contributed by atoms with van der Waals surface area (Å²) < 4.78 is 6.36. The van der Waals surface area contributed by atoms with Crippen molar-refractivity contribution in [1.82, 2.24) is 9.78 Å². The lowest BCUT2D eigenvalue weighted by Crippen LogP contribution is -2.29. The highest BCUT2D eigenvalue weighted by Gasteiger charge is 2.29. The van der Waals surface area contributed by atoms with Gasteiger partial charge in [0, 0.05) is 32.0 Å². The molecule has 1 unspecified atom stereocenters. The van der Waals surface area contributed by atoms with Crippen LogP contribution in [-0.4, -0.2) is 42.5 Å². The average Bonchev–Trinajstić information content (AvgIpc) is 3.17. The maximum absolute atomic E-state index is 12.6. The Labute approximate surface area is 158 Å². The molecule has 0 spiro atoms. The molecule has 1 atom stereocenters. The molecule has 1 amide bonds. The Hall–Kier alpha value is -2.67. The molecule has 3 rings (SSSR count). The highest BCUT2D eigenvalue weighted by Crippen LogP contribution is 2.23. The lowest BCUT2D eigenvalue weighted by molar-refractivity contribution is -0.119. The van der Waals surface area contributed by atoms with E-state index in [4.69, 9.17) is 4.74 Å². The van der Waals surface area contributed by atoms with Crippen molar-refractivity contribution in [2.75, 3.05) is 37.0 Å². The van der Waals surface area contributed by atoms with Gasteiger partial charge in [0.1, 0.15) is 0 Å². The van der Waals surface area contributed by atoms with Crippen LogP contribution < -0.4 is 15.8 Å². The molecule has 0 aliphatic carbocycles. The Bertz CT molecular complexity index is 849. The molecule has 7 heteroatoms. The predicted octanol–water partition coefficient (Wildman–Crippen LogP) is 1.92. The van der Waals surface area contributed by atoms with Crippen LogP contribution in [0.1, 0.15) is 18.9 Å². The maximum Gasteiger partial charge on any atom is 0.268 e. The highest BCUT2D eigenvalue weighted by molar-refractivity contribution is 5.93. The van der Waals surface area contributed by atoms with Gasteiger partial charge in [-0.05, 0) is 30.5 Å². The number of benzene rings is 1. The zero-order valence-electron chi connectivity index (χ0n) is 15.9. The lowest BCUT2D eigenvalue weighted by Gasteiger charge is -2.18. The molecule has 1 aliphatic rings. The zero-order valence-corrected chi connectivity index (χ0v) is 15.9. The number of carbonyl (C=O) groups excluding carboxylic acids is 1. The Morgan fingerprint density at radius 2 is 2.22 bits per heavy atom. The monoisotopic (exact) mass is 370 g/mol. The molecule has 1 aliphatic heterocycles. The van der Waals surface area contributed by atoms with Gasteiger partial charge in [0.25, 0.3) is 5.56 Å². The minimum Gasteiger partial charge on any atom is -0.383 e. The van der Waals surface area contributed by atoms with E-state index in [1.807, 2.05) is 23.1 Å². The van der Waals surface area contributed by atoms with Crippen molar-refractivity contribution >= 4 is 17.3 Å². The van der Waals surface area contributed by atoms with Gasteiger partial charge in [0.15, 0.2) is 0 Å². The molecule has 27 heavy (non-hydrogen) atoms. The van der Waals surface area contributed by atoms with Gasteiger partial charge in [-0.2, -0.15) is 5.10 Å². The summed E-state index contributed by atoms with van der Waals surface area (Å²) in [5.41, 5.74) is 2.63. The molecule has 0 saturated carbocycles. The molecule has 1 fully saturated rings. The largest absolute Gasteiger partial charge is 0.383 e. The summed E-state index contributed by atoms with van der Waals surface area (Å²) in [6.07, 6.45) is 3.37. The number of rotatable bonds is 7. The van der Waals surface area contributed by atoms with Crippen molar-refractivity contribution in [2.24, 2.45) is 5.92 Å².